The molecule has 1 heterocycles. The Hall–Kier alpha value is -2.33. The normalized spacial score (nSPS) is 28.0. The van der Waals surface area contributed by atoms with Gasteiger partial charge in [0.15, 0.2) is 17.3 Å². The fraction of sp³-hybridized carbons (Fsp3) is 0.278. The third kappa shape index (κ3) is 1.29. The molecule has 0 saturated heterocycles. The highest BCUT2D eigenvalue weighted by Crippen LogP contribution is 2.55. The summed E-state index contributed by atoms with van der Waals surface area (Å²) in [5.41, 5.74) is 0.938. The summed E-state index contributed by atoms with van der Waals surface area (Å²) >= 11 is 0. The Morgan fingerprint density at radius 3 is 3.00 bits per heavy atom. The van der Waals surface area contributed by atoms with Gasteiger partial charge < -0.3 is 14.6 Å². The van der Waals surface area contributed by atoms with E-state index in [4.69, 9.17) is 9.47 Å². The SMILES string of the molecule is O=C1c2cccc3cc4c(c(c23)C12C=CC(O)CC2)OCO4. The predicted molar refractivity (Wildman–Crippen MR) is 80.5 cm³/mol. The van der Waals surface area contributed by atoms with Gasteiger partial charge in [-0.05, 0) is 24.3 Å². The fourth-order valence-corrected chi connectivity index (χ4v) is 4.01. The van der Waals surface area contributed by atoms with Crippen LogP contribution in [0.5, 0.6) is 11.5 Å². The molecule has 0 saturated carbocycles. The van der Waals surface area contributed by atoms with Crippen molar-refractivity contribution in [2.45, 2.75) is 24.4 Å². The van der Waals surface area contributed by atoms with Gasteiger partial charge in [0.05, 0.1) is 11.5 Å². The molecule has 0 aromatic heterocycles. The molecule has 5 rings (SSSR count). The number of benzene rings is 2. The van der Waals surface area contributed by atoms with E-state index in [1.165, 1.54) is 0 Å². The molecule has 1 N–H and O–H groups in total. The summed E-state index contributed by atoms with van der Waals surface area (Å²) in [7, 11) is 0. The topological polar surface area (TPSA) is 55.8 Å². The zero-order chi connectivity index (χ0) is 14.9. The number of rotatable bonds is 0. The summed E-state index contributed by atoms with van der Waals surface area (Å²) in [6, 6.07) is 7.72. The number of hydrogen-bond donors (Lipinski definition) is 1. The maximum absolute atomic E-state index is 13.1. The van der Waals surface area contributed by atoms with E-state index in [-0.39, 0.29) is 12.6 Å². The van der Waals surface area contributed by atoms with Gasteiger partial charge in [-0.2, -0.15) is 0 Å². The molecule has 22 heavy (non-hydrogen) atoms. The van der Waals surface area contributed by atoms with Crippen molar-refractivity contribution >= 4 is 16.6 Å². The van der Waals surface area contributed by atoms with E-state index in [1.807, 2.05) is 30.3 Å². The number of aliphatic hydroxyl groups is 1. The molecule has 2 unspecified atom stereocenters. The lowest BCUT2D eigenvalue weighted by Crippen LogP contribution is -2.34. The van der Waals surface area contributed by atoms with Crippen molar-refractivity contribution in [3.8, 4) is 11.5 Å². The summed E-state index contributed by atoms with van der Waals surface area (Å²) < 4.78 is 11.2. The standard InChI is InChI=1S/C18H14O4/c19-11-4-6-18(7-5-11)15-14-10(2-1-3-12(14)17(18)20)8-13-16(15)22-9-21-13/h1-4,6,8,11,19H,5,7,9H2. The molecule has 2 aliphatic carbocycles. The summed E-state index contributed by atoms with van der Waals surface area (Å²) in [6.45, 7) is 0.185. The molecule has 0 radical (unpaired) electrons. The Morgan fingerprint density at radius 1 is 1.27 bits per heavy atom. The molecule has 2 aromatic carbocycles. The lowest BCUT2D eigenvalue weighted by atomic mass is 9.72. The van der Waals surface area contributed by atoms with Crippen LogP contribution in [0.2, 0.25) is 0 Å². The molecule has 110 valence electrons. The van der Waals surface area contributed by atoms with Crippen LogP contribution >= 0.6 is 0 Å². The molecule has 2 aromatic rings. The number of carbonyl (C=O) groups excluding carboxylic acids is 1. The first-order valence-corrected chi connectivity index (χ1v) is 7.49. The van der Waals surface area contributed by atoms with E-state index < -0.39 is 11.5 Å². The van der Waals surface area contributed by atoms with Gasteiger partial charge in [0.25, 0.3) is 0 Å². The number of aliphatic hydroxyl groups excluding tert-OH is 1. The van der Waals surface area contributed by atoms with Crippen molar-refractivity contribution in [1.29, 1.82) is 0 Å². The van der Waals surface area contributed by atoms with Crippen LogP contribution in [0.15, 0.2) is 36.4 Å². The van der Waals surface area contributed by atoms with Crippen molar-refractivity contribution in [3.05, 3.63) is 47.5 Å². The van der Waals surface area contributed by atoms with Crippen LogP contribution in [-0.2, 0) is 5.41 Å². The largest absolute Gasteiger partial charge is 0.454 e. The van der Waals surface area contributed by atoms with Crippen LogP contribution in [0.4, 0.5) is 0 Å². The van der Waals surface area contributed by atoms with Crippen molar-refractivity contribution in [2.24, 2.45) is 0 Å². The minimum absolute atomic E-state index is 0.0974. The molecule has 4 heteroatoms. The maximum atomic E-state index is 13.1. The fourth-order valence-electron chi connectivity index (χ4n) is 4.01. The summed E-state index contributed by atoms with van der Waals surface area (Å²) in [6.07, 6.45) is 4.27. The molecule has 0 fully saturated rings. The average molecular weight is 294 g/mol. The van der Waals surface area contributed by atoms with Crippen LogP contribution in [-0.4, -0.2) is 23.8 Å². The summed E-state index contributed by atoms with van der Waals surface area (Å²) in [4.78, 5) is 13.1. The van der Waals surface area contributed by atoms with Crippen LogP contribution in [0, 0.1) is 0 Å². The molecular weight excluding hydrogens is 280 g/mol. The third-order valence-electron chi connectivity index (χ3n) is 5.04. The second-order valence-electron chi connectivity index (χ2n) is 6.15. The van der Waals surface area contributed by atoms with E-state index in [2.05, 4.69) is 0 Å². The van der Waals surface area contributed by atoms with Crippen molar-refractivity contribution in [3.63, 3.8) is 0 Å². The van der Waals surface area contributed by atoms with Crippen molar-refractivity contribution in [2.75, 3.05) is 6.79 Å². The van der Waals surface area contributed by atoms with Gasteiger partial charge in [-0.25, -0.2) is 0 Å². The number of fused-ring (bicyclic) bond motifs is 3. The van der Waals surface area contributed by atoms with Crippen molar-refractivity contribution in [1.82, 2.24) is 0 Å². The zero-order valence-electron chi connectivity index (χ0n) is 11.8. The number of hydrogen-bond acceptors (Lipinski definition) is 4. The smallest absolute Gasteiger partial charge is 0.231 e. The maximum Gasteiger partial charge on any atom is 0.231 e. The van der Waals surface area contributed by atoms with Gasteiger partial charge >= 0.3 is 0 Å². The van der Waals surface area contributed by atoms with Gasteiger partial charge in [-0.15, -0.1) is 0 Å². The molecular formula is C18H14O4. The predicted octanol–water partition coefficient (Wildman–Crippen LogP) is 2.71. The number of allylic oxidation sites excluding steroid dienone is 1. The van der Waals surface area contributed by atoms with Crippen molar-refractivity contribution < 1.29 is 19.4 Å². The Balaban J connectivity index is 1.92. The highest BCUT2D eigenvalue weighted by atomic mass is 16.7. The molecule has 0 bridgehead atoms. The lowest BCUT2D eigenvalue weighted by molar-refractivity contribution is 0.0893. The van der Waals surface area contributed by atoms with E-state index in [1.54, 1.807) is 6.08 Å². The summed E-state index contributed by atoms with van der Waals surface area (Å²) in [5.74, 6) is 1.49. The Bertz CT molecular complexity index is 867. The molecule has 0 amide bonds. The number of carbonyl (C=O) groups is 1. The van der Waals surface area contributed by atoms with Gasteiger partial charge in [-0.1, -0.05) is 30.4 Å². The average Bonchev–Trinajstić information content (AvgIpc) is 3.08. The highest BCUT2D eigenvalue weighted by molar-refractivity contribution is 6.22. The van der Waals surface area contributed by atoms with E-state index in [0.717, 1.165) is 21.9 Å². The molecule has 4 nitrogen and oxygen atoms in total. The van der Waals surface area contributed by atoms with Gasteiger partial charge in [0.2, 0.25) is 6.79 Å². The van der Waals surface area contributed by atoms with Crippen LogP contribution < -0.4 is 9.47 Å². The van der Waals surface area contributed by atoms with Crippen LogP contribution in [0.1, 0.15) is 28.8 Å². The first kappa shape index (κ1) is 12.2. The zero-order valence-corrected chi connectivity index (χ0v) is 11.8. The monoisotopic (exact) mass is 294 g/mol. The second kappa shape index (κ2) is 3.90. The minimum atomic E-state index is -0.722. The Labute approximate surface area is 127 Å². The number of ketones is 1. The lowest BCUT2D eigenvalue weighted by Gasteiger charge is -2.30. The quantitative estimate of drug-likeness (QED) is 0.759. The highest BCUT2D eigenvalue weighted by Gasteiger charge is 2.50. The Morgan fingerprint density at radius 2 is 2.18 bits per heavy atom. The summed E-state index contributed by atoms with van der Waals surface area (Å²) in [5, 5.41) is 11.8. The van der Waals surface area contributed by atoms with Crippen LogP contribution in [0.25, 0.3) is 10.8 Å². The van der Waals surface area contributed by atoms with E-state index in [9.17, 15) is 9.90 Å². The second-order valence-corrected chi connectivity index (χ2v) is 6.15. The van der Waals surface area contributed by atoms with Gasteiger partial charge in [0, 0.05) is 16.5 Å². The van der Waals surface area contributed by atoms with Gasteiger partial charge in [-0.3, -0.25) is 4.79 Å². The van der Waals surface area contributed by atoms with E-state index in [0.29, 0.717) is 24.3 Å². The molecule has 2 atom stereocenters. The van der Waals surface area contributed by atoms with Crippen LogP contribution in [0.3, 0.4) is 0 Å². The van der Waals surface area contributed by atoms with Gasteiger partial charge in [0.1, 0.15) is 0 Å². The Kier molecular flexibility index (Phi) is 2.17. The molecule has 1 spiro atoms. The first-order valence-electron chi connectivity index (χ1n) is 7.49. The number of ether oxygens (including phenoxy) is 2. The van der Waals surface area contributed by atoms with E-state index >= 15 is 0 Å². The number of Topliss-reactive ketones (excluding diaryl/α,β-unsaturated/α-hetero) is 1. The molecule has 3 aliphatic rings. The first-order chi connectivity index (χ1) is 10.7. The molecule has 1 aliphatic heterocycles. The minimum Gasteiger partial charge on any atom is -0.454 e. The third-order valence-corrected chi connectivity index (χ3v) is 5.04.